The zero-order valence-electron chi connectivity index (χ0n) is 18.3. The Bertz CT molecular complexity index is 549. The predicted molar refractivity (Wildman–Crippen MR) is 120 cm³/mol. The molecule has 0 heterocycles. The topological polar surface area (TPSA) is 0 Å². The van der Waals surface area contributed by atoms with Crippen LogP contribution in [0.25, 0.3) is 0 Å². The van der Waals surface area contributed by atoms with Crippen LogP contribution in [0.5, 0.6) is 0 Å². The number of fused-ring (bicyclic) bond motifs is 1. The second-order valence-electron chi connectivity index (χ2n) is 9.74. The minimum absolute atomic E-state index is 0.512. The molecule has 3 rings (SSSR count). The largest absolute Gasteiger partial charge is 0.0654 e. The SMILES string of the molecule is CCCCCCCC1(c2ccc3c(c2)CCC(CCCC)C3)CCCCC1. The van der Waals surface area contributed by atoms with E-state index < -0.39 is 0 Å². The lowest BCUT2D eigenvalue weighted by Crippen LogP contribution is -2.29. The molecule has 0 saturated heterocycles. The first-order valence-corrected chi connectivity index (χ1v) is 12.4. The third-order valence-electron chi connectivity index (χ3n) is 7.68. The summed E-state index contributed by atoms with van der Waals surface area (Å²) in [5.74, 6) is 0.950. The van der Waals surface area contributed by atoms with E-state index in [1.165, 1.54) is 109 Å². The van der Waals surface area contributed by atoms with Crippen LogP contribution in [0.15, 0.2) is 18.2 Å². The molecular formula is C27H44. The van der Waals surface area contributed by atoms with Gasteiger partial charge in [-0.15, -0.1) is 0 Å². The molecule has 0 amide bonds. The smallest absolute Gasteiger partial charge is 0.00469 e. The highest BCUT2D eigenvalue weighted by Gasteiger charge is 2.34. The Morgan fingerprint density at radius 3 is 2.41 bits per heavy atom. The van der Waals surface area contributed by atoms with Gasteiger partial charge in [-0.2, -0.15) is 0 Å². The van der Waals surface area contributed by atoms with Crippen LogP contribution in [0.4, 0.5) is 0 Å². The van der Waals surface area contributed by atoms with Crippen molar-refractivity contribution < 1.29 is 0 Å². The number of rotatable bonds is 10. The first-order chi connectivity index (χ1) is 13.3. The number of aryl methyl sites for hydroxylation is 1. The Kier molecular flexibility index (Phi) is 8.28. The summed E-state index contributed by atoms with van der Waals surface area (Å²) in [5.41, 5.74) is 5.61. The van der Waals surface area contributed by atoms with Crippen molar-refractivity contribution >= 4 is 0 Å². The molecule has 1 unspecified atom stereocenters. The molecule has 0 aromatic heterocycles. The van der Waals surface area contributed by atoms with E-state index in [4.69, 9.17) is 0 Å². The normalized spacial score (nSPS) is 21.8. The molecule has 1 aromatic rings. The number of benzene rings is 1. The van der Waals surface area contributed by atoms with E-state index in [2.05, 4.69) is 32.0 Å². The Morgan fingerprint density at radius 1 is 0.852 bits per heavy atom. The van der Waals surface area contributed by atoms with Crippen LogP contribution in [-0.2, 0) is 18.3 Å². The molecule has 1 saturated carbocycles. The Morgan fingerprint density at radius 2 is 1.63 bits per heavy atom. The van der Waals surface area contributed by atoms with E-state index in [9.17, 15) is 0 Å². The molecule has 152 valence electrons. The maximum Gasteiger partial charge on any atom is -0.00469 e. The zero-order chi connectivity index (χ0) is 19.0. The lowest BCUT2D eigenvalue weighted by molar-refractivity contribution is 0.265. The van der Waals surface area contributed by atoms with Gasteiger partial charge < -0.3 is 0 Å². The van der Waals surface area contributed by atoms with E-state index >= 15 is 0 Å². The summed E-state index contributed by atoms with van der Waals surface area (Å²) in [4.78, 5) is 0. The maximum absolute atomic E-state index is 2.67. The molecule has 0 bridgehead atoms. The third kappa shape index (κ3) is 5.61. The average molecular weight is 369 g/mol. The van der Waals surface area contributed by atoms with Gasteiger partial charge in [-0.05, 0) is 66.5 Å². The summed E-state index contributed by atoms with van der Waals surface area (Å²) in [7, 11) is 0. The van der Waals surface area contributed by atoms with Crippen molar-refractivity contribution in [3.8, 4) is 0 Å². The summed E-state index contributed by atoms with van der Waals surface area (Å²) >= 11 is 0. The van der Waals surface area contributed by atoms with Crippen molar-refractivity contribution in [3.63, 3.8) is 0 Å². The van der Waals surface area contributed by atoms with E-state index in [0.717, 1.165) is 5.92 Å². The van der Waals surface area contributed by atoms with Gasteiger partial charge in [0.05, 0.1) is 0 Å². The molecule has 0 heteroatoms. The summed E-state index contributed by atoms with van der Waals surface area (Å²) in [6, 6.07) is 7.76. The van der Waals surface area contributed by atoms with Crippen LogP contribution in [-0.4, -0.2) is 0 Å². The fourth-order valence-corrected chi connectivity index (χ4v) is 5.88. The lowest BCUT2D eigenvalue weighted by atomic mass is 9.65. The fourth-order valence-electron chi connectivity index (χ4n) is 5.88. The van der Waals surface area contributed by atoms with Gasteiger partial charge in [0.15, 0.2) is 0 Å². The minimum Gasteiger partial charge on any atom is -0.0654 e. The van der Waals surface area contributed by atoms with Crippen molar-refractivity contribution in [2.24, 2.45) is 5.92 Å². The second kappa shape index (κ2) is 10.7. The maximum atomic E-state index is 2.67. The van der Waals surface area contributed by atoms with Gasteiger partial charge in [0.25, 0.3) is 0 Å². The quantitative estimate of drug-likeness (QED) is 0.363. The van der Waals surface area contributed by atoms with Gasteiger partial charge in [-0.3, -0.25) is 0 Å². The molecule has 2 aliphatic carbocycles. The van der Waals surface area contributed by atoms with Crippen LogP contribution in [0.2, 0.25) is 0 Å². The highest BCUT2D eigenvalue weighted by Crippen LogP contribution is 2.44. The zero-order valence-corrected chi connectivity index (χ0v) is 18.3. The molecule has 0 N–H and O–H groups in total. The standard InChI is InChI=1S/C27H44/c1-3-5-7-8-10-18-27(19-11-9-12-20-27)26-17-16-24-21-23(13-6-4-2)14-15-25(24)22-26/h16-17,22-23H,3-15,18-21H2,1-2H3. The Hall–Kier alpha value is -0.780. The lowest BCUT2D eigenvalue weighted by Gasteiger charge is -2.39. The van der Waals surface area contributed by atoms with E-state index in [1.807, 2.05) is 0 Å². The van der Waals surface area contributed by atoms with E-state index in [0.29, 0.717) is 5.41 Å². The second-order valence-corrected chi connectivity index (χ2v) is 9.74. The highest BCUT2D eigenvalue weighted by molar-refractivity contribution is 5.38. The molecule has 27 heavy (non-hydrogen) atoms. The summed E-state index contributed by atoms with van der Waals surface area (Å²) < 4.78 is 0. The van der Waals surface area contributed by atoms with Crippen LogP contribution >= 0.6 is 0 Å². The van der Waals surface area contributed by atoms with Crippen LogP contribution in [0.1, 0.15) is 127 Å². The van der Waals surface area contributed by atoms with Gasteiger partial charge in [-0.1, -0.05) is 103 Å². The molecule has 1 fully saturated rings. The van der Waals surface area contributed by atoms with E-state index in [-0.39, 0.29) is 0 Å². The third-order valence-corrected chi connectivity index (χ3v) is 7.68. The number of hydrogen-bond acceptors (Lipinski definition) is 0. The Labute approximate surface area is 169 Å². The molecule has 0 aliphatic heterocycles. The van der Waals surface area contributed by atoms with Crippen molar-refractivity contribution in [1.82, 2.24) is 0 Å². The first kappa shape index (κ1) is 20.9. The first-order valence-electron chi connectivity index (χ1n) is 12.4. The van der Waals surface area contributed by atoms with Crippen molar-refractivity contribution in [2.75, 3.05) is 0 Å². The van der Waals surface area contributed by atoms with Gasteiger partial charge >= 0.3 is 0 Å². The summed E-state index contributed by atoms with van der Waals surface area (Å²) in [6.07, 6.45) is 24.1. The number of hydrogen-bond donors (Lipinski definition) is 0. The summed E-state index contributed by atoms with van der Waals surface area (Å²) in [5, 5.41) is 0. The van der Waals surface area contributed by atoms with Crippen molar-refractivity contribution in [1.29, 1.82) is 0 Å². The predicted octanol–water partition coefficient (Wildman–Crippen LogP) is 8.54. The van der Waals surface area contributed by atoms with Gasteiger partial charge in [0.1, 0.15) is 0 Å². The van der Waals surface area contributed by atoms with Crippen LogP contribution in [0.3, 0.4) is 0 Å². The molecular weight excluding hydrogens is 324 g/mol. The van der Waals surface area contributed by atoms with Gasteiger partial charge in [0.2, 0.25) is 0 Å². The highest BCUT2D eigenvalue weighted by atomic mass is 14.4. The monoisotopic (exact) mass is 368 g/mol. The van der Waals surface area contributed by atoms with Crippen LogP contribution < -0.4 is 0 Å². The molecule has 2 aliphatic rings. The molecule has 0 nitrogen and oxygen atoms in total. The number of unbranched alkanes of at least 4 members (excludes halogenated alkanes) is 5. The van der Waals surface area contributed by atoms with Gasteiger partial charge in [0, 0.05) is 0 Å². The Balaban J connectivity index is 1.68. The van der Waals surface area contributed by atoms with E-state index in [1.54, 1.807) is 16.7 Å². The molecule has 0 spiro atoms. The van der Waals surface area contributed by atoms with Crippen molar-refractivity contribution in [2.45, 2.75) is 128 Å². The molecule has 1 atom stereocenters. The molecule has 0 radical (unpaired) electrons. The van der Waals surface area contributed by atoms with Crippen LogP contribution in [0, 0.1) is 5.92 Å². The average Bonchev–Trinajstić information content (AvgIpc) is 2.72. The summed E-state index contributed by atoms with van der Waals surface area (Å²) in [6.45, 7) is 4.65. The van der Waals surface area contributed by atoms with Gasteiger partial charge in [-0.25, -0.2) is 0 Å². The van der Waals surface area contributed by atoms with Crippen molar-refractivity contribution in [3.05, 3.63) is 34.9 Å². The molecule has 1 aromatic carbocycles. The minimum atomic E-state index is 0.512. The fraction of sp³-hybridized carbons (Fsp3) is 0.778.